The fourth-order valence-electron chi connectivity index (χ4n) is 1.28. The standard InChI is InChI=1S/C10H9BrN2O3S/c1-16-8-2-4-9(5-3-8)17(14,15)13-6-10(11)12-7-13/h2-7H,1H3. The van der Waals surface area contributed by atoms with E-state index in [4.69, 9.17) is 4.74 Å². The number of nitrogens with zero attached hydrogens (tertiary/aromatic N) is 2. The second kappa shape index (κ2) is 4.50. The number of ether oxygens (including phenoxy) is 1. The molecule has 0 bridgehead atoms. The van der Waals surface area contributed by atoms with Gasteiger partial charge in [-0.3, -0.25) is 0 Å². The molecule has 5 nitrogen and oxygen atoms in total. The van der Waals surface area contributed by atoms with E-state index in [0.29, 0.717) is 10.4 Å². The Morgan fingerprint density at radius 3 is 2.41 bits per heavy atom. The Bertz CT molecular complexity index is 619. The van der Waals surface area contributed by atoms with Gasteiger partial charge in [0.05, 0.1) is 18.2 Å². The first kappa shape index (κ1) is 12.1. The summed E-state index contributed by atoms with van der Waals surface area (Å²) in [6.45, 7) is 0. The first-order chi connectivity index (χ1) is 8.04. The van der Waals surface area contributed by atoms with Crippen molar-refractivity contribution in [1.29, 1.82) is 0 Å². The van der Waals surface area contributed by atoms with Crippen LogP contribution in [0.2, 0.25) is 0 Å². The Kier molecular flexibility index (Phi) is 3.21. The van der Waals surface area contributed by atoms with E-state index in [2.05, 4.69) is 20.9 Å². The van der Waals surface area contributed by atoms with Crippen LogP contribution in [0.25, 0.3) is 0 Å². The summed E-state index contributed by atoms with van der Waals surface area (Å²) < 4.78 is 30.7. The molecule has 0 unspecified atom stereocenters. The van der Waals surface area contributed by atoms with E-state index in [1.165, 1.54) is 31.8 Å². The lowest BCUT2D eigenvalue weighted by Crippen LogP contribution is -2.10. The van der Waals surface area contributed by atoms with Crippen LogP contribution in [0.1, 0.15) is 0 Å². The molecule has 0 spiro atoms. The first-order valence-corrected chi connectivity index (χ1v) is 6.86. The Balaban J connectivity index is 2.44. The van der Waals surface area contributed by atoms with Gasteiger partial charge in [-0.2, -0.15) is 0 Å². The zero-order valence-corrected chi connectivity index (χ0v) is 11.3. The van der Waals surface area contributed by atoms with E-state index in [0.717, 1.165) is 3.97 Å². The minimum atomic E-state index is -3.57. The van der Waals surface area contributed by atoms with Gasteiger partial charge in [-0.15, -0.1) is 0 Å². The number of benzene rings is 1. The summed E-state index contributed by atoms with van der Waals surface area (Å²) in [6.07, 6.45) is 2.63. The average Bonchev–Trinajstić information content (AvgIpc) is 2.77. The van der Waals surface area contributed by atoms with Crippen molar-refractivity contribution in [3.8, 4) is 5.75 Å². The van der Waals surface area contributed by atoms with Crippen molar-refractivity contribution in [1.82, 2.24) is 8.96 Å². The predicted octanol–water partition coefficient (Wildman–Crippen LogP) is 1.89. The van der Waals surface area contributed by atoms with Crippen LogP contribution in [-0.4, -0.2) is 24.5 Å². The van der Waals surface area contributed by atoms with Gasteiger partial charge in [-0.1, -0.05) is 0 Å². The third-order valence-corrected chi connectivity index (χ3v) is 4.20. The molecule has 2 rings (SSSR count). The molecule has 17 heavy (non-hydrogen) atoms. The molecule has 0 aliphatic carbocycles. The second-order valence-corrected chi connectivity index (χ2v) is 5.86. The number of imidazole rings is 1. The maximum atomic E-state index is 12.1. The van der Waals surface area contributed by atoms with Gasteiger partial charge in [0.25, 0.3) is 10.0 Å². The first-order valence-electron chi connectivity index (χ1n) is 4.63. The normalized spacial score (nSPS) is 11.4. The predicted molar refractivity (Wildman–Crippen MR) is 65.5 cm³/mol. The van der Waals surface area contributed by atoms with Crippen molar-refractivity contribution >= 4 is 26.0 Å². The van der Waals surface area contributed by atoms with Crippen LogP contribution >= 0.6 is 15.9 Å². The van der Waals surface area contributed by atoms with Crippen LogP contribution in [0.4, 0.5) is 0 Å². The van der Waals surface area contributed by atoms with Crippen LogP contribution in [0, 0.1) is 0 Å². The summed E-state index contributed by atoms with van der Waals surface area (Å²) >= 11 is 3.10. The highest BCUT2D eigenvalue weighted by Gasteiger charge is 2.16. The molecule has 0 saturated carbocycles. The third-order valence-electron chi connectivity index (χ3n) is 2.16. The Hall–Kier alpha value is -1.34. The molecule has 0 N–H and O–H groups in total. The molecular weight excluding hydrogens is 308 g/mol. The van der Waals surface area contributed by atoms with Crippen molar-refractivity contribution in [3.63, 3.8) is 0 Å². The minimum absolute atomic E-state index is 0.184. The monoisotopic (exact) mass is 316 g/mol. The third kappa shape index (κ3) is 2.34. The summed E-state index contributed by atoms with van der Waals surface area (Å²) in [5, 5.41) is 0. The van der Waals surface area contributed by atoms with Gasteiger partial charge in [0.15, 0.2) is 0 Å². The Morgan fingerprint density at radius 2 is 1.94 bits per heavy atom. The molecule has 90 valence electrons. The van der Waals surface area contributed by atoms with Gasteiger partial charge in [0.1, 0.15) is 16.7 Å². The lowest BCUT2D eigenvalue weighted by Gasteiger charge is -2.05. The Morgan fingerprint density at radius 1 is 1.29 bits per heavy atom. The van der Waals surface area contributed by atoms with E-state index in [1.807, 2.05) is 0 Å². The molecule has 0 aliphatic rings. The van der Waals surface area contributed by atoms with Crippen molar-refractivity contribution in [2.45, 2.75) is 4.90 Å². The largest absolute Gasteiger partial charge is 0.497 e. The number of aromatic nitrogens is 2. The van der Waals surface area contributed by atoms with Gasteiger partial charge in [0.2, 0.25) is 0 Å². The van der Waals surface area contributed by atoms with Gasteiger partial charge in [0, 0.05) is 0 Å². The second-order valence-electron chi connectivity index (χ2n) is 3.21. The molecule has 0 fully saturated rings. The molecule has 0 radical (unpaired) electrons. The molecule has 0 saturated heterocycles. The molecule has 0 aliphatic heterocycles. The highest BCUT2D eigenvalue weighted by atomic mass is 79.9. The van der Waals surface area contributed by atoms with Gasteiger partial charge < -0.3 is 4.74 Å². The Labute approximate surface area is 107 Å². The topological polar surface area (TPSA) is 61.2 Å². The lowest BCUT2D eigenvalue weighted by molar-refractivity contribution is 0.414. The van der Waals surface area contributed by atoms with E-state index < -0.39 is 10.0 Å². The summed E-state index contributed by atoms with van der Waals surface area (Å²) in [4.78, 5) is 4.00. The lowest BCUT2D eigenvalue weighted by atomic mass is 10.3. The number of hydrogen-bond acceptors (Lipinski definition) is 4. The van der Waals surface area contributed by atoms with E-state index in [-0.39, 0.29) is 4.90 Å². The van der Waals surface area contributed by atoms with Crippen LogP contribution in [0.5, 0.6) is 5.75 Å². The van der Waals surface area contributed by atoms with Crippen molar-refractivity contribution in [2.75, 3.05) is 7.11 Å². The molecule has 7 heteroatoms. The van der Waals surface area contributed by atoms with Crippen LogP contribution in [0.3, 0.4) is 0 Å². The molecule has 0 amide bonds. The summed E-state index contributed by atoms with van der Waals surface area (Å²) in [6, 6.07) is 6.17. The SMILES string of the molecule is COc1ccc(S(=O)(=O)n2cnc(Br)c2)cc1. The summed E-state index contributed by atoms with van der Waals surface area (Å²) in [5.74, 6) is 0.607. The van der Waals surface area contributed by atoms with Crippen molar-refractivity contribution in [2.24, 2.45) is 0 Å². The zero-order chi connectivity index (χ0) is 12.5. The smallest absolute Gasteiger partial charge is 0.268 e. The van der Waals surface area contributed by atoms with Crippen molar-refractivity contribution in [3.05, 3.63) is 41.4 Å². The van der Waals surface area contributed by atoms with Gasteiger partial charge >= 0.3 is 0 Å². The van der Waals surface area contributed by atoms with Crippen LogP contribution in [-0.2, 0) is 10.0 Å². The fourth-order valence-corrected chi connectivity index (χ4v) is 2.87. The fraction of sp³-hybridized carbons (Fsp3) is 0.100. The molecule has 0 atom stereocenters. The summed E-state index contributed by atoms with van der Waals surface area (Å²) in [7, 11) is -2.05. The van der Waals surface area contributed by atoms with Crippen LogP contribution < -0.4 is 4.74 Å². The molecule has 1 aromatic heterocycles. The van der Waals surface area contributed by atoms with Gasteiger partial charge in [-0.05, 0) is 40.2 Å². The minimum Gasteiger partial charge on any atom is -0.497 e. The number of methoxy groups -OCH3 is 1. The molecule has 1 aromatic carbocycles. The highest BCUT2D eigenvalue weighted by molar-refractivity contribution is 9.10. The number of hydrogen-bond donors (Lipinski definition) is 0. The molecule has 1 heterocycles. The maximum Gasteiger partial charge on any atom is 0.268 e. The molecular formula is C10H9BrN2O3S. The van der Waals surface area contributed by atoms with Crippen LogP contribution in [0.15, 0.2) is 46.3 Å². The maximum absolute atomic E-state index is 12.1. The van der Waals surface area contributed by atoms with Gasteiger partial charge in [-0.25, -0.2) is 17.4 Å². The van der Waals surface area contributed by atoms with E-state index in [9.17, 15) is 8.42 Å². The van der Waals surface area contributed by atoms with Crippen molar-refractivity contribution < 1.29 is 13.2 Å². The zero-order valence-electron chi connectivity index (χ0n) is 8.87. The number of rotatable bonds is 3. The molecule has 2 aromatic rings. The highest BCUT2D eigenvalue weighted by Crippen LogP contribution is 2.19. The average molecular weight is 317 g/mol. The quantitative estimate of drug-likeness (QED) is 0.867. The number of halogens is 1. The van der Waals surface area contributed by atoms with E-state index >= 15 is 0 Å². The summed E-state index contributed by atoms with van der Waals surface area (Å²) in [5.41, 5.74) is 0. The van der Waals surface area contributed by atoms with E-state index in [1.54, 1.807) is 12.1 Å².